The lowest BCUT2D eigenvalue weighted by Crippen LogP contribution is -2.38. The maximum absolute atomic E-state index is 13.2. The molecule has 2 aromatic rings. The van der Waals surface area contributed by atoms with Gasteiger partial charge in [0.2, 0.25) is 27.9 Å². The SMILES string of the molecule is Cc1ccc(C(CC(=O)Nc2nnc(C(F)(F)F)s2)N2C(=O)C3C4C=CC(C4)C3C2=O)o1. The maximum atomic E-state index is 13.2. The number of furan rings is 1. The summed E-state index contributed by atoms with van der Waals surface area (Å²) >= 11 is 0.193. The highest BCUT2D eigenvalue weighted by atomic mass is 32.1. The Labute approximate surface area is 183 Å². The van der Waals surface area contributed by atoms with Crippen molar-refractivity contribution in [3.05, 3.63) is 40.8 Å². The fourth-order valence-corrected chi connectivity index (χ4v) is 5.55. The van der Waals surface area contributed by atoms with Gasteiger partial charge in [-0.2, -0.15) is 13.2 Å². The van der Waals surface area contributed by atoms with Crippen LogP contribution in [-0.2, 0) is 20.6 Å². The molecular formula is C20H17F3N4O4S. The molecule has 8 nitrogen and oxygen atoms in total. The first-order valence-electron chi connectivity index (χ1n) is 9.95. The van der Waals surface area contributed by atoms with Gasteiger partial charge in [-0.05, 0) is 37.3 Å². The molecule has 1 N–H and O–H groups in total. The average molecular weight is 466 g/mol. The molecule has 2 aliphatic carbocycles. The second-order valence-corrected chi connectivity index (χ2v) is 9.15. The highest BCUT2D eigenvalue weighted by molar-refractivity contribution is 7.15. The highest BCUT2D eigenvalue weighted by Gasteiger charge is 2.60. The molecule has 0 spiro atoms. The number of allylic oxidation sites excluding steroid dienone is 2. The zero-order valence-corrected chi connectivity index (χ0v) is 17.4. The highest BCUT2D eigenvalue weighted by Crippen LogP contribution is 2.54. The van der Waals surface area contributed by atoms with E-state index >= 15 is 0 Å². The van der Waals surface area contributed by atoms with Crippen LogP contribution >= 0.6 is 11.3 Å². The third-order valence-corrected chi connectivity index (χ3v) is 7.08. The second-order valence-electron chi connectivity index (χ2n) is 8.17. The molecule has 5 atom stereocenters. The number of anilines is 1. The number of likely N-dealkylation sites (tertiary alicyclic amines) is 1. The molecule has 3 aliphatic rings. The molecule has 0 radical (unpaired) electrons. The Hall–Kier alpha value is -3.02. The molecule has 1 aliphatic heterocycles. The van der Waals surface area contributed by atoms with Crippen LogP contribution in [0.4, 0.5) is 18.3 Å². The molecule has 2 aromatic heterocycles. The lowest BCUT2D eigenvalue weighted by Gasteiger charge is -2.26. The van der Waals surface area contributed by atoms with E-state index in [1.807, 2.05) is 12.2 Å². The van der Waals surface area contributed by atoms with E-state index in [1.165, 1.54) is 0 Å². The van der Waals surface area contributed by atoms with Crippen LogP contribution in [0, 0.1) is 30.6 Å². The number of carbonyl (C=O) groups is 3. The first kappa shape index (κ1) is 20.9. The van der Waals surface area contributed by atoms with E-state index in [0.29, 0.717) is 5.76 Å². The number of aromatic nitrogens is 2. The van der Waals surface area contributed by atoms with Crippen molar-refractivity contribution in [2.24, 2.45) is 23.7 Å². The van der Waals surface area contributed by atoms with Crippen molar-refractivity contribution in [1.29, 1.82) is 0 Å². The Balaban J connectivity index is 1.39. The van der Waals surface area contributed by atoms with Crippen LogP contribution in [0.3, 0.4) is 0 Å². The van der Waals surface area contributed by atoms with Crippen molar-refractivity contribution in [1.82, 2.24) is 15.1 Å². The zero-order valence-electron chi connectivity index (χ0n) is 16.6. The summed E-state index contributed by atoms with van der Waals surface area (Å²) in [5.41, 5.74) is 0. The number of carbonyl (C=O) groups excluding carboxylic acids is 3. The third-order valence-electron chi connectivity index (χ3n) is 6.20. The van der Waals surface area contributed by atoms with Crippen molar-refractivity contribution in [2.75, 3.05) is 5.32 Å². The molecule has 5 rings (SSSR count). The van der Waals surface area contributed by atoms with Crippen molar-refractivity contribution < 1.29 is 32.0 Å². The van der Waals surface area contributed by atoms with Crippen LogP contribution in [0.15, 0.2) is 28.7 Å². The average Bonchev–Trinajstić information content (AvgIpc) is 3.50. The number of halogens is 3. The number of nitrogens with zero attached hydrogens (tertiary/aromatic N) is 3. The second kappa shape index (κ2) is 7.26. The number of hydrogen-bond donors (Lipinski definition) is 1. The first-order chi connectivity index (χ1) is 15.1. The van der Waals surface area contributed by atoms with Gasteiger partial charge in [-0.15, -0.1) is 10.2 Å². The number of imide groups is 1. The van der Waals surface area contributed by atoms with E-state index in [-0.39, 0.29) is 52.3 Å². The van der Waals surface area contributed by atoms with Gasteiger partial charge in [-0.25, -0.2) is 0 Å². The predicted octanol–water partition coefficient (Wildman–Crippen LogP) is 3.34. The Morgan fingerprint density at radius 1 is 1.22 bits per heavy atom. The van der Waals surface area contributed by atoms with Crippen LogP contribution in [0.5, 0.6) is 0 Å². The maximum Gasteiger partial charge on any atom is 0.445 e. The summed E-state index contributed by atoms with van der Waals surface area (Å²) in [7, 11) is 0. The lowest BCUT2D eigenvalue weighted by molar-refractivity contribution is -0.144. The number of nitrogens with one attached hydrogen (secondary N) is 1. The van der Waals surface area contributed by atoms with Gasteiger partial charge in [-0.1, -0.05) is 23.5 Å². The molecule has 3 heterocycles. The quantitative estimate of drug-likeness (QED) is 0.535. The Morgan fingerprint density at radius 2 is 1.88 bits per heavy atom. The van der Waals surface area contributed by atoms with Gasteiger partial charge in [0.05, 0.1) is 18.3 Å². The summed E-state index contributed by atoms with van der Waals surface area (Å²) in [5.74, 6) is -1.51. The molecular weight excluding hydrogens is 449 g/mol. The van der Waals surface area contributed by atoms with Gasteiger partial charge in [0.25, 0.3) is 0 Å². The van der Waals surface area contributed by atoms with E-state index < -0.39 is 35.0 Å². The predicted molar refractivity (Wildman–Crippen MR) is 104 cm³/mol. The number of fused-ring (bicyclic) bond motifs is 5. The van der Waals surface area contributed by atoms with E-state index in [4.69, 9.17) is 4.42 Å². The van der Waals surface area contributed by atoms with Crippen molar-refractivity contribution >= 4 is 34.2 Å². The summed E-state index contributed by atoms with van der Waals surface area (Å²) in [6.07, 6.45) is -0.355. The van der Waals surface area contributed by atoms with Crippen LogP contribution in [0.25, 0.3) is 0 Å². The topological polar surface area (TPSA) is 105 Å². The number of alkyl halides is 3. The van der Waals surface area contributed by atoms with Crippen LogP contribution in [0.1, 0.15) is 35.4 Å². The molecule has 5 unspecified atom stereocenters. The Bertz CT molecular complexity index is 1110. The van der Waals surface area contributed by atoms with Gasteiger partial charge in [-0.3, -0.25) is 19.3 Å². The zero-order chi connectivity index (χ0) is 22.8. The van der Waals surface area contributed by atoms with E-state index in [2.05, 4.69) is 15.5 Å². The summed E-state index contributed by atoms with van der Waals surface area (Å²) in [5, 5.41) is 7.14. The Morgan fingerprint density at radius 3 is 2.41 bits per heavy atom. The van der Waals surface area contributed by atoms with Gasteiger partial charge in [0.15, 0.2) is 0 Å². The monoisotopic (exact) mass is 466 g/mol. The molecule has 32 heavy (non-hydrogen) atoms. The van der Waals surface area contributed by atoms with Crippen LogP contribution in [0.2, 0.25) is 0 Å². The number of aryl methyl sites for hydroxylation is 1. The van der Waals surface area contributed by atoms with E-state index in [1.54, 1.807) is 19.1 Å². The van der Waals surface area contributed by atoms with E-state index in [0.717, 1.165) is 11.3 Å². The largest absolute Gasteiger partial charge is 0.464 e. The molecule has 12 heteroatoms. The number of amides is 3. The standard InChI is InChI=1S/C20H17F3N4O4S/c1-8-2-5-12(31-8)11(7-13(28)24-19-26-25-18(32-19)20(21,22)23)27-16(29)14-9-3-4-10(6-9)15(14)17(27)30/h2-5,9-11,14-15H,6-7H2,1H3,(H,24,26,28). The molecule has 0 aromatic carbocycles. The van der Waals surface area contributed by atoms with Crippen molar-refractivity contribution in [3.63, 3.8) is 0 Å². The van der Waals surface area contributed by atoms with Gasteiger partial charge < -0.3 is 9.73 Å². The fraction of sp³-hybridized carbons (Fsp3) is 0.450. The minimum Gasteiger partial charge on any atom is -0.464 e. The van der Waals surface area contributed by atoms with E-state index in [9.17, 15) is 27.6 Å². The lowest BCUT2D eigenvalue weighted by atomic mass is 9.85. The first-order valence-corrected chi connectivity index (χ1v) is 10.8. The number of rotatable bonds is 5. The third kappa shape index (κ3) is 3.33. The van der Waals surface area contributed by atoms with Gasteiger partial charge in [0, 0.05) is 0 Å². The summed E-state index contributed by atoms with van der Waals surface area (Å²) in [4.78, 5) is 40.2. The van der Waals surface area contributed by atoms with Crippen LogP contribution in [-0.4, -0.2) is 32.8 Å². The molecule has 3 amide bonds. The molecule has 1 saturated heterocycles. The van der Waals surface area contributed by atoms with Crippen molar-refractivity contribution in [2.45, 2.75) is 32.0 Å². The van der Waals surface area contributed by atoms with Gasteiger partial charge >= 0.3 is 6.18 Å². The smallest absolute Gasteiger partial charge is 0.445 e. The van der Waals surface area contributed by atoms with Crippen molar-refractivity contribution in [3.8, 4) is 0 Å². The molecule has 1 saturated carbocycles. The normalized spacial score (nSPS) is 27.3. The minimum atomic E-state index is -4.67. The summed E-state index contributed by atoms with van der Waals surface area (Å²) in [6, 6.07) is 2.22. The molecule has 168 valence electrons. The molecule has 2 bridgehead atoms. The fourth-order valence-electron chi connectivity index (χ4n) is 4.92. The molecule has 2 fully saturated rings. The minimum absolute atomic E-state index is 0.00134. The summed E-state index contributed by atoms with van der Waals surface area (Å²) < 4.78 is 43.8. The summed E-state index contributed by atoms with van der Waals surface area (Å²) in [6.45, 7) is 1.69. The van der Waals surface area contributed by atoms with Gasteiger partial charge in [0.1, 0.15) is 17.6 Å². The van der Waals surface area contributed by atoms with Crippen LogP contribution < -0.4 is 5.32 Å². The Kier molecular flexibility index (Phi) is 4.73. The number of hydrogen-bond acceptors (Lipinski definition) is 7.